The third kappa shape index (κ3) is 2.81. The zero-order valence-corrected chi connectivity index (χ0v) is 11.9. The Balaban J connectivity index is 2.33. The zero-order valence-electron chi connectivity index (χ0n) is 11.9. The molecule has 0 saturated heterocycles. The second-order valence-electron chi connectivity index (χ2n) is 4.86. The van der Waals surface area contributed by atoms with E-state index in [0.717, 1.165) is 0 Å². The van der Waals surface area contributed by atoms with Gasteiger partial charge in [-0.3, -0.25) is 4.79 Å². The Morgan fingerprint density at radius 3 is 2.48 bits per heavy atom. The Morgan fingerprint density at radius 1 is 1.24 bits per heavy atom. The Kier molecular flexibility index (Phi) is 4.12. The first-order valence-electron chi connectivity index (χ1n) is 6.67. The van der Waals surface area contributed by atoms with Crippen LogP contribution in [-0.2, 0) is 16.8 Å². The van der Waals surface area contributed by atoms with Gasteiger partial charge in [0.1, 0.15) is 5.76 Å². The molecule has 1 heterocycles. The third-order valence-electron chi connectivity index (χ3n) is 3.45. The van der Waals surface area contributed by atoms with E-state index >= 15 is 0 Å². The zero-order chi connectivity index (χ0) is 15.5. The molecule has 0 aliphatic carbocycles. The van der Waals surface area contributed by atoms with Gasteiger partial charge in [-0.2, -0.15) is 0 Å². The number of carboxylic acids is 1. The maximum atomic E-state index is 12.3. The number of aryl methyl sites for hydroxylation is 1. The van der Waals surface area contributed by atoms with Crippen LogP contribution in [0.5, 0.6) is 0 Å². The van der Waals surface area contributed by atoms with Crippen LogP contribution in [0.25, 0.3) is 0 Å². The molecule has 0 aliphatic rings. The molecule has 1 aromatic heterocycles. The molecule has 21 heavy (non-hydrogen) atoms. The minimum atomic E-state index is -1.50. The molecule has 0 saturated carbocycles. The van der Waals surface area contributed by atoms with Crippen molar-refractivity contribution in [3.8, 4) is 0 Å². The van der Waals surface area contributed by atoms with Gasteiger partial charge in [0.2, 0.25) is 0 Å². The first-order chi connectivity index (χ1) is 9.99. The minimum absolute atomic E-state index is 0.362. The molecule has 2 rings (SSSR count). The van der Waals surface area contributed by atoms with E-state index in [9.17, 15) is 14.7 Å². The van der Waals surface area contributed by atoms with E-state index in [0.29, 0.717) is 23.3 Å². The average molecular weight is 287 g/mol. The third-order valence-corrected chi connectivity index (χ3v) is 3.45. The van der Waals surface area contributed by atoms with Gasteiger partial charge < -0.3 is 14.8 Å². The summed E-state index contributed by atoms with van der Waals surface area (Å²) in [6, 6.07) is 10.1. The second kappa shape index (κ2) is 5.83. The molecule has 0 fully saturated rings. The number of furan rings is 1. The van der Waals surface area contributed by atoms with Gasteiger partial charge in [0.25, 0.3) is 5.91 Å². The van der Waals surface area contributed by atoms with E-state index in [-0.39, 0.29) is 0 Å². The highest BCUT2D eigenvalue weighted by Gasteiger charge is 2.37. The lowest BCUT2D eigenvalue weighted by Crippen LogP contribution is -2.49. The molecule has 1 atom stereocenters. The normalized spacial score (nSPS) is 13.4. The maximum absolute atomic E-state index is 12.3. The van der Waals surface area contributed by atoms with Crippen molar-refractivity contribution >= 4 is 11.9 Å². The Hall–Kier alpha value is -2.56. The Morgan fingerprint density at radius 2 is 1.90 bits per heavy atom. The van der Waals surface area contributed by atoms with E-state index in [1.807, 2.05) is 6.92 Å². The Labute approximate surface area is 122 Å². The van der Waals surface area contributed by atoms with Crippen LogP contribution in [0.1, 0.15) is 35.5 Å². The lowest BCUT2D eigenvalue weighted by Gasteiger charge is -2.26. The average Bonchev–Trinajstić information content (AvgIpc) is 2.96. The summed E-state index contributed by atoms with van der Waals surface area (Å²) in [4.78, 5) is 24.0. The summed E-state index contributed by atoms with van der Waals surface area (Å²) < 4.78 is 5.21. The molecule has 0 aliphatic heterocycles. The van der Waals surface area contributed by atoms with Gasteiger partial charge in [-0.1, -0.05) is 37.3 Å². The number of nitrogens with one attached hydrogen (secondary N) is 1. The van der Waals surface area contributed by atoms with Gasteiger partial charge >= 0.3 is 5.97 Å². The van der Waals surface area contributed by atoms with Crippen molar-refractivity contribution in [2.75, 3.05) is 0 Å². The topological polar surface area (TPSA) is 79.5 Å². The number of amides is 1. The molecule has 1 amide bonds. The summed E-state index contributed by atoms with van der Waals surface area (Å²) in [5.74, 6) is -1.05. The van der Waals surface area contributed by atoms with Crippen molar-refractivity contribution in [2.45, 2.75) is 25.8 Å². The predicted molar refractivity (Wildman–Crippen MR) is 77.0 cm³/mol. The quantitative estimate of drug-likeness (QED) is 0.885. The summed E-state index contributed by atoms with van der Waals surface area (Å²) in [6.45, 7) is 3.33. The summed E-state index contributed by atoms with van der Waals surface area (Å²) in [5.41, 5.74) is -0.631. The molecule has 0 bridgehead atoms. The van der Waals surface area contributed by atoms with E-state index in [1.165, 1.54) is 13.2 Å². The van der Waals surface area contributed by atoms with E-state index in [2.05, 4.69) is 5.32 Å². The van der Waals surface area contributed by atoms with Gasteiger partial charge in [0.05, 0.1) is 11.8 Å². The van der Waals surface area contributed by atoms with Crippen LogP contribution < -0.4 is 5.32 Å². The number of hydrogen-bond donors (Lipinski definition) is 2. The number of rotatable bonds is 5. The maximum Gasteiger partial charge on any atom is 0.333 e. The highest BCUT2D eigenvalue weighted by Crippen LogP contribution is 2.22. The predicted octanol–water partition coefficient (Wildman–Crippen LogP) is 2.57. The highest BCUT2D eigenvalue weighted by molar-refractivity contribution is 5.98. The molecule has 5 heteroatoms. The SMILES string of the molecule is CCc1occc1C(=O)NC(C)(C(=O)O)c1ccccc1. The van der Waals surface area contributed by atoms with Crippen LogP contribution in [0.15, 0.2) is 47.1 Å². The fraction of sp³-hybridized carbons (Fsp3) is 0.250. The molecule has 1 unspecified atom stereocenters. The first-order valence-corrected chi connectivity index (χ1v) is 6.67. The van der Waals surface area contributed by atoms with Crippen LogP contribution in [0.4, 0.5) is 0 Å². The molecule has 1 aromatic carbocycles. The molecular formula is C16H17NO4. The van der Waals surface area contributed by atoms with Crippen molar-refractivity contribution in [1.29, 1.82) is 0 Å². The van der Waals surface area contributed by atoms with Gasteiger partial charge in [-0.15, -0.1) is 0 Å². The summed E-state index contributed by atoms with van der Waals surface area (Å²) >= 11 is 0. The van der Waals surface area contributed by atoms with Crippen LogP contribution in [0.3, 0.4) is 0 Å². The summed E-state index contributed by atoms with van der Waals surface area (Å²) in [7, 11) is 0. The van der Waals surface area contributed by atoms with E-state index in [4.69, 9.17) is 4.42 Å². The summed E-state index contributed by atoms with van der Waals surface area (Å²) in [5, 5.41) is 12.1. The lowest BCUT2D eigenvalue weighted by molar-refractivity contribution is -0.144. The second-order valence-corrected chi connectivity index (χ2v) is 4.86. The molecule has 5 nitrogen and oxygen atoms in total. The van der Waals surface area contributed by atoms with Crippen molar-refractivity contribution in [1.82, 2.24) is 5.32 Å². The lowest BCUT2D eigenvalue weighted by atomic mass is 9.91. The van der Waals surface area contributed by atoms with Gasteiger partial charge in [0, 0.05) is 6.42 Å². The molecule has 0 spiro atoms. The highest BCUT2D eigenvalue weighted by atomic mass is 16.4. The van der Waals surface area contributed by atoms with E-state index < -0.39 is 17.4 Å². The molecule has 2 aromatic rings. The fourth-order valence-electron chi connectivity index (χ4n) is 2.13. The number of benzene rings is 1. The van der Waals surface area contributed by atoms with Gasteiger partial charge in [-0.05, 0) is 18.6 Å². The van der Waals surface area contributed by atoms with Crippen LogP contribution in [0.2, 0.25) is 0 Å². The monoisotopic (exact) mass is 287 g/mol. The van der Waals surface area contributed by atoms with Crippen molar-refractivity contribution in [3.05, 3.63) is 59.5 Å². The standard InChI is InChI=1S/C16H17NO4/c1-3-13-12(9-10-21-13)14(18)17-16(2,15(19)20)11-7-5-4-6-8-11/h4-10H,3H2,1-2H3,(H,17,18)(H,19,20). The van der Waals surface area contributed by atoms with Crippen molar-refractivity contribution in [2.24, 2.45) is 0 Å². The minimum Gasteiger partial charge on any atom is -0.479 e. The molecule has 110 valence electrons. The number of carboxylic acid groups (broad SMARTS) is 1. The molecule has 2 N–H and O–H groups in total. The van der Waals surface area contributed by atoms with Crippen molar-refractivity contribution in [3.63, 3.8) is 0 Å². The van der Waals surface area contributed by atoms with Crippen molar-refractivity contribution < 1.29 is 19.1 Å². The van der Waals surface area contributed by atoms with Crippen LogP contribution in [-0.4, -0.2) is 17.0 Å². The number of carbonyl (C=O) groups is 2. The van der Waals surface area contributed by atoms with Crippen LogP contribution in [0, 0.1) is 0 Å². The molecule has 0 radical (unpaired) electrons. The Bertz CT molecular complexity index is 647. The van der Waals surface area contributed by atoms with Gasteiger partial charge in [0.15, 0.2) is 5.54 Å². The number of hydrogen-bond acceptors (Lipinski definition) is 3. The number of carbonyl (C=O) groups excluding carboxylic acids is 1. The van der Waals surface area contributed by atoms with E-state index in [1.54, 1.807) is 36.4 Å². The largest absolute Gasteiger partial charge is 0.479 e. The fourth-order valence-corrected chi connectivity index (χ4v) is 2.13. The van der Waals surface area contributed by atoms with Gasteiger partial charge in [-0.25, -0.2) is 4.79 Å². The van der Waals surface area contributed by atoms with Crippen LogP contribution >= 0.6 is 0 Å². The molecular weight excluding hydrogens is 270 g/mol. The number of aliphatic carboxylic acids is 1. The smallest absolute Gasteiger partial charge is 0.333 e. The summed E-state index contributed by atoms with van der Waals surface area (Å²) in [6.07, 6.45) is 1.99. The first kappa shape index (κ1) is 14.8.